The van der Waals surface area contributed by atoms with Gasteiger partial charge in [0.05, 0.1) is 0 Å². The van der Waals surface area contributed by atoms with Crippen LogP contribution in [0.5, 0.6) is 0 Å². The zero-order chi connectivity index (χ0) is 14.3. The molecule has 2 unspecified atom stereocenters. The molecule has 1 rings (SSSR count). The summed E-state index contributed by atoms with van der Waals surface area (Å²) >= 11 is 0. The molecule has 1 fully saturated rings. The van der Waals surface area contributed by atoms with Crippen LogP contribution in [0.2, 0.25) is 0 Å². The molecule has 0 aliphatic carbocycles. The SMILES string of the molecule is CCCNC(CC)C(C)N(C)CC1CCN(C)CC1. The summed E-state index contributed by atoms with van der Waals surface area (Å²) in [6, 6.07) is 1.27. The van der Waals surface area contributed by atoms with Crippen molar-refractivity contribution in [2.45, 2.75) is 58.5 Å². The maximum atomic E-state index is 3.69. The van der Waals surface area contributed by atoms with Crippen LogP contribution < -0.4 is 5.32 Å². The number of piperidine rings is 1. The summed E-state index contributed by atoms with van der Waals surface area (Å²) in [5, 5.41) is 3.69. The van der Waals surface area contributed by atoms with Crippen LogP contribution in [0.25, 0.3) is 0 Å². The first-order valence-electron chi connectivity index (χ1n) is 8.20. The minimum atomic E-state index is 0.635. The summed E-state index contributed by atoms with van der Waals surface area (Å²) in [5.41, 5.74) is 0. The van der Waals surface area contributed by atoms with Crippen LogP contribution in [0.1, 0.15) is 46.5 Å². The molecule has 1 heterocycles. The van der Waals surface area contributed by atoms with Crippen molar-refractivity contribution in [3.8, 4) is 0 Å². The Labute approximate surface area is 120 Å². The van der Waals surface area contributed by atoms with Gasteiger partial charge in [-0.25, -0.2) is 0 Å². The summed E-state index contributed by atoms with van der Waals surface area (Å²) in [5.74, 6) is 0.896. The zero-order valence-electron chi connectivity index (χ0n) is 13.8. The smallest absolute Gasteiger partial charge is 0.0218 e. The van der Waals surface area contributed by atoms with Gasteiger partial charge in [-0.3, -0.25) is 0 Å². The van der Waals surface area contributed by atoms with E-state index in [0.717, 1.165) is 12.5 Å². The molecule has 1 aliphatic rings. The van der Waals surface area contributed by atoms with E-state index in [4.69, 9.17) is 0 Å². The summed E-state index contributed by atoms with van der Waals surface area (Å²) in [7, 11) is 4.55. The summed E-state index contributed by atoms with van der Waals surface area (Å²) < 4.78 is 0. The fourth-order valence-corrected chi connectivity index (χ4v) is 3.11. The Balaban J connectivity index is 2.35. The third-order valence-corrected chi connectivity index (χ3v) is 4.76. The molecule has 114 valence electrons. The third-order valence-electron chi connectivity index (χ3n) is 4.76. The van der Waals surface area contributed by atoms with Crippen LogP contribution in [0.15, 0.2) is 0 Å². The van der Waals surface area contributed by atoms with Crippen molar-refractivity contribution in [3.05, 3.63) is 0 Å². The molecule has 0 bridgehead atoms. The lowest BCUT2D eigenvalue weighted by molar-refractivity contribution is 0.136. The molecule has 0 spiro atoms. The van der Waals surface area contributed by atoms with Gasteiger partial charge in [0.1, 0.15) is 0 Å². The Hall–Kier alpha value is -0.120. The van der Waals surface area contributed by atoms with Crippen molar-refractivity contribution in [2.75, 3.05) is 40.3 Å². The maximum Gasteiger partial charge on any atom is 0.0218 e. The number of hydrogen-bond donors (Lipinski definition) is 1. The number of nitrogens with one attached hydrogen (secondary N) is 1. The number of nitrogens with zero attached hydrogens (tertiary/aromatic N) is 2. The first-order valence-corrected chi connectivity index (χ1v) is 8.20. The van der Waals surface area contributed by atoms with Gasteiger partial charge in [0.25, 0.3) is 0 Å². The summed E-state index contributed by atoms with van der Waals surface area (Å²) in [6.07, 6.45) is 5.18. The molecular formula is C16H35N3. The lowest BCUT2D eigenvalue weighted by atomic mass is 9.95. The van der Waals surface area contributed by atoms with Gasteiger partial charge >= 0.3 is 0 Å². The molecule has 3 nitrogen and oxygen atoms in total. The quantitative estimate of drug-likeness (QED) is 0.730. The Morgan fingerprint density at radius 1 is 1.26 bits per heavy atom. The monoisotopic (exact) mass is 269 g/mol. The third kappa shape index (κ3) is 5.80. The van der Waals surface area contributed by atoms with Gasteiger partial charge in [-0.2, -0.15) is 0 Å². The number of hydrogen-bond acceptors (Lipinski definition) is 3. The molecular weight excluding hydrogens is 234 g/mol. The minimum Gasteiger partial charge on any atom is -0.312 e. The molecule has 3 heteroatoms. The minimum absolute atomic E-state index is 0.635. The lowest BCUT2D eigenvalue weighted by Crippen LogP contribution is -2.49. The van der Waals surface area contributed by atoms with Crippen molar-refractivity contribution in [3.63, 3.8) is 0 Å². The van der Waals surface area contributed by atoms with Crippen molar-refractivity contribution in [1.82, 2.24) is 15.1 Å². The topological polar surface area (TPSA) is 18.5 Å². The highest BCUT2D eigenvalue weighted by Crippen LogP contribution is 2.18. The second kappa shape index (κ2) is 8.93. The molecule has 1 N–H and O–H groups in total. The highest BCUT2D eigenvalue weighted by atomic mass is 15.2. The number of likely N-dealkylation sites (tertiary alicyclic amines) is 1. The summed E-state index contributed by atoms with van der Waals surface area (Å²) in [6.45, 7) is 11.9. The Morgan fingerprint density at radius 3 is 2.42 bits per heavy atom. The number of rotatable bonds is 8. The van der Waals surface area contributed by atoms with Gasteiger partial charge in [-0.15, -0.1) is 0 Å². The van der Waals surface area contributed by atoms with Gasteiger partial charge in [0, 0.05) is 18.6 Å². The van der Waals surface area contributed by atoms with Crippen molar-refractivity contribution in [2.24, 2.45) is 5.92 Å². The zero-order valence-corrected chi connectivity index (χ0v) is 13.8. The molecule has 0 aromatic rings. The van der Waals surface area contributed by atoms with Gasteiger partial charge in [0.2, 0.25) is 0 Å². The highest BCUT2D eigenvalue weighted by Gasteiger charge is 2.23. The first-order chi connectivity index (χ1) is 9.08. The molecule has 0 saturated carbocycles. The van der Waals surface area contributed by atoms with E-state index in [-0.39, 0.29) is 0 Å². The van der Waals surface area contributed by atoms with Gasteiger partial charge < -0.3 is 15.1 Å². The van der Waals surface area contributed by atoms with E-state index in [9.17, 15) is 0 Å². The van der Waals surface area contributed by atoms with Crippen molar-refractivity contribution >= 4 is 0 Å². The van der Waals surface area contributed by atoms with Gasteiger partial charge in [-0.1, -0.05) is 13.8 Å². The lowest BCUT2D eigenvalue weighted by Gasteiger charge is -2.37. The van der Waals surface area contributed by atoms with Crippen LogP contribution in [0, 0.1) is 5.92 Å². The molecule has 1 aliphatic heterocycles. The van der Waals surface area contributed by atoms with E-state index in [1.165, 1.54) is 45.3 Å². The molecule has 0 aromatic heterocycles. The van der Waals surface area contributed by atoms with Crippen LogP contribution >= 0.6 is 0 Å². The predicted octanol–water partition coefficient (Wildman–Crippen LogP) is 2.43. The largest absolute Gasteiger partial charge is 0.312 e. The highest BCUT2D eigenvalue weighted by molar-refractivity contribution is 4.81. The van der Waals surface area contributed by atoms with E-state index in [1.807, 2.05) is 0 Å². The average molecular weight is 269 g/mol. The van der Waals surface area contributed by atoms with E-state index in [1.54, 1.807) is 0 Å². The Bertz CT molecular complexity index is 224. The fraction of sp³-hybridized carbons (Fsp3) is 1.00. The van der Waals surface area contributed by atoms with Gasteiger partial charge in [-0.05, 0) is 72.3 Å². The maximum absolute atomic E-state index is 3.69. The Kier molecular flexibility index (Phi) is 7.96. The van der Waals surface area contributed by atoms with E-state index in [2.05, 4.69) is 50.0 Å². The molecule has 0 amide bonds. The van der Waals surface area contributed by atoms with Gasteiger partial charge in [0.15, 0.2) is 0 Å². The van der Waals surface area contributed by atoms with Crippen LogP contribution in [0.4, 0.5) is 0 Å². The first kappa shape index (κ1) is 16.9. The molecule has 1 saturated heterocycles. The molecule has 0 aromatic carbocycles. The van der Waals surface area contributed by atoms with Crippen LogP contribution in [-0.4, -0.2) is 62.2 Å². The van der Waals surface area contributed by atoms with E-state index < -0.39 is 0 Å². The normalized spacial score (nSPS) is 21.8. The average Bonchev–Trinajstić information content (AvgIpc) is 2.42. The van der Waals surface area contributed by atoms with Crippen LogP contribution in [-0.2, 0) is 0 Å². The van der Waals surface area contributed by atoms with Crippen molar-refractivity contribution < 1.29 is 0 Å². The molecule has 19 heavy (non-hydrogen) atoms. The summed E-state index contributed by atoms with van der Waals surface area (Å²) in [4.78, 5) is 5.03. The second-order valence-electron chi connectivity index (χ2n) is 6.40. The van der Waals surface area contributed by atoms with Crippen LogP contribution in [0.3, 0.4) is 0 Å². The Morgan fingerprint density at radius 2 is 1.89 bits per heavy atom. The molecule has 0 radical (unpaired) electrons. The standard InChI is InChI=1S/C16H35N3/c1-6-10-17-16(7-2)14(3)19(5)13-15-8-11-18(4)12-9-15/h14-17H,6-13H2,1-5H3. The van der Waals surface area contributed by atoms with Crippen molar-refractivity contribution in [1.29, 1.82) is 0 Å². The van der Waals surface area contributed by atoms with E-state index in [0.29, 0.717) is 12.1 Å². The predicted molar refractivity (Wildman–Crippen MR) is 84.7 cm³/mol. The molecule has 2 atom stereocenters. The number of likely N-dealkylation sites (N-methyl/N-ethyl adjacent to an activating group) is 1. The van der Waals surface area contributed by atoms with E-state index >= 15 is 0 Å². The second-order valence-corrected chi connectivity index (χ2v) is 6.40. The fourth-order valence-electron chi connectivity index (χ4n) is 3.11.